The molecule has 1 aliphatic carbocycles. The second kappa shape index (κ2) is 6.78. The van der Waals surface area contributed by atoms with E-state index in [0.717, 1.165) is 25.7 Å². The molecule has 0 aromatic carbocycles. The van der Waals surface area contributed by atoms with E-state index >= 15 is 0 Å². The van der Waals surface area contributed by atoms with Crippen LogP contribution in [0.4, 0.5) is 0 Å². The summed E-state index contributed by atoms with van der Waals surface area (Å²) in [7, 11) is 0. The molecule has 0 aliphatic heterocycles. The van der Waals surface area contributed by atoms with Crippen LogP contribution in [0.3, 0.4) is 0 Å². The molecule has 2 unspecified atom stereocenters. The summed E-state index contributed by atoms with van der Waals surface area (Å²) in [6.45, 7) is 0.510. The first-order valence-electron chi connectivity index (χ1n) is 5.63. The number of nitrogens with one attached hydrogen (secondary N) is 1. The van der Waals surface area contributed by atoms with E-state index in [-0.39, 0.29) is 17.7 Å². The molecule has 0 aromatic rings. The van der Waals surface area contributed by atoms with E-state index in [1.54, 1.807) is 0 Å². The number of hydrogen-bond donors (Lipinski definition) is 2. The van der Waals surface area contributed by atoms with E-state index in [9.17, 15) is 9.59 Å². The van der Waals surface area contributed by atoms with Gasteiger partial charge < -0.3 is 10.4 Å². The van der Waals surface area contributed by atoms with E-state index in [0.29, 0.717) is 12.3 Å². The third-order valence-corrected chi connectivity index (χ3v) is 3.61. The molecular formula is C11H19NO3S. The Morgan fingerprint density at radius 1 is 1.38 bits per heavy atom. The zero-order valence-electron chi connectivity index (χ0n) is 9.57. The van der Waals surface area contributed by atoms with Gasteiger partial charge in [0.15, 0.2) is 0 Å². The standard InChI is InChI=1S/C11H19NO3S/c1-16-7-10(13)12-6-8-4-2-3-5-9(8)11(14)15/h8-9H,2-7H2,1H3,(H,12,13)(H,14,15). The minimum Gasteiger partial charge on any atom is -0.481 e. The number of carboxylic acids is 1. The van der Waals surface area contributed by atoms with Crippen LogP contribution in [0, 0.1) is 11.8 Å². The summed E-state index contributed by atoms with van der Waals surface area (Å²) >= 11 is 1.48. The van der Waals surface area contributed by atoms with E-state index < -0.39 is 5.97 Å². The van der Waals surface area contributed by atoms with E-state index in [1.807, 2.05) is 6.26 Å². The van der Waals surface area contributed by atoms with Gasteiger partial charge >= 0.3 is 5.97 Å². The largest absolute Gasteiger partial charge is 0.481 e. The maximum Gasteiger partial charge on any atom is 0.306 e. The number of amides is 1. The summed E-state index contributed by atoms with van der Waals surface area (Å²) in [5, 5.41) is 11.9. The second-order valence-electron chi connectivity index (χ2n) is 4.23. The van der Waals surface area contributed by atoms with Gasteiger partial charge in [-0.05, 0) is 25.0 Å². The Bertz CT molecular complexity index is 258. The molecule has 0 spiro atoms. The lowest BCUT2D eigenvalue weighted by atomic mass is 9.79. The Hall–Kier alpha value is -0.710. The second-order valence-corrected chi connectivity index (χ2v) is 5.09. The first kappa shape index (κ1) is 13.4. The van der Waals surface area contributed by atoms with Crippen molar-refractivity contribution in [2.45, 2.75) is 25.7 Å². The van der Waals surface area contributed by atoms with Crippen molar-refractivity contribution in [2.24, 2.45) is 11.8 Å². The SMILES string of the molecule is CSCC(=O)NCC1CCCCC1C(=O)O. The number of hydrogen-bond acceptors (Lipinski definition) is 3. The molecular weight excluding hydrogens is 226 g/mol. The number of aliphatic carboxylic acids is 1. The molecule has 5 heteroatoms. The fraction of sp³-hybridized carbons (Fsp3) is 0.818. The molecule has 1 rings (SSSR count). The molecule has 0 bridgehead atoms. The summed E-state index contributed by atoms with van der Waals surface area (Å²) in [6.07, 6.45) is 5.61. The molecule has 1 fully saturated rings. The smallest absolute Gasteiger partial charge is 0.306 e. The van der Waals surface area contributed by atoms with Gasteiger partial charge in [0.05, 0.1) is 11.7 Å². The van der Waals surface area contributed by atoms with Crippen molar-refractivity contribution < 1.29 is 14.7 Å². The zero-order chi connectivity index (χ0) is 12.0. The number of rotatable bonds is 5. The van der Waals surface area contributed by atoms with Gasteiger partial charge in [-0.15, -0.1) is 0 Å². The minimum absolute atomic E-state index is 0.00205. The fourth-order valence-corrected chi connectivity index (χ4v) is 2.57. The fourth-order valence-electron chi connectivity index (χ4n) is 2.20. The topological polar surface area (TPSA) is 66.4 Å². The van der Waals surface area contributed by atoms with E-state index in [2.05, 4.69) is 5.32 Å². The van der Waals surface area contributed by atoms with Crippen LogP contribution in [0.15, 0.2) is 0 Å². The van der Waals surface area contributed by atoms with Gasteiger partial charge in [0, 0.05) is 6.54 Å². The first-order chi connectivity index (χ1) is 7.65. The predicted octanol–water partition coefficient (Wildman–Crippen LogP) is 1.36. The lowest BCUT2D eigenvalue weighted by molar-refractivity contribution is -0.145. The van der Waals surface area contributed by atoms with E-state index in [4.69, 9.17) is 5.11 Å². The highest BCUT2D eigenvalue weighted by Crippen LogP contribution is 2.29. The highest BCUT2D eigenvalue weighted by molar-refractivity contribution is 7.99. The van der Waals surface area contributed by atoms with Gasteiger partial charge in [0.2, 0.25) is 5.91 Å². The third kappa shape index (κ3) is 4.04. The van der Waals surface area contributed by atoms with Gasteiger partial charge in [0.25, 0.3) is 0 Å². The lowest BCUT2D eigenvalue weighted by Crippen LogP contribution is -2.37. The minimum atomic E-state index is -0.719. The van der Waals surface area contributed by atoms with Crippen molar-refractivity contribution in [2.75, 3.05) is 18.6 Å². The molecule has 0 radical (unpaired) electrons. The van der Waals surface area contributed by atoms with Gasteiger partial charge in [-0.25, -0.2) is 0 Å². The Balaban J connectivity index is 2.38. The van der Waals surface area contributed by atoms with Crippen molar-refractivity contribution >= 4 is 23.6 Å². The van der Waals surface area contributed by atoms with Crippen molar-refractivity contribution in [3.05, 3.63) is 0 Å². The predicted molar refractivity (Wildman–Crippen MR) is 64.5 cm³/mol. The molecule has 0 heterocycles. The molecule has 2 atom stereocenters. The molecule has 0 aromatic heterocycles. The summed E-state index contributed by atoms with van der Waals surface area (Å²) in [5.74, 6) is -0.434. The van der Waals surface area contributed by atoms with Gasteiger partial charge in [-0.3, -0.25) is 9.59 Å². The molecule has 2 N–H and O–H groups in total. The zero-order valence-corrected chi connectivity index (χ0v) is 10.4. The van der Waals surface area contributed by atoms with Crippen LogP contribution in [-0.4, -0.2) is 35.5 Å². The average Bonchev–Trinajstić information content (AvgIpc) is 2.27. The Kier molecular flexibility index (Phi) is 5.66. The highest BCUT2D eigenvalue weighted by atomic mass is 32.2. The number of carbonyl (C=O) groups is 2. The summed E-state index contributed by atoms with van der Waals surface area (Å²) in [6, 6.07) is 0. The Labute approximate surface area is 100 Å². The molecule has 0 saturated heterocycles. The highest BCUT2D eigenvalue weighted by Gasteiger charge is 2.30. The first-order valence-corrected chi connectivity index (χ1v) is 7.03. The number of carbonyl (C=O) groups excluding carboxylic acids is 1. The van der Waals surface area contributed by atoms with Crippen molar-refractivity contribution in [1.82, 2.24) is 5.32 Å². The van der Waals surface area contributed by atoms with Crippen LogP contribution in [0.1, 0.15) is 25.7 Å². The molecule has 1 amide bonds. The van der Waals surface area contributed by atoms with Crippen molar-refractivity contribution in [3.63, 3.8) is 0 Å². The van der Waals surface area contributed by atoms with Crippen LogP contribution in [0.25, 0.3) is 0 Å². The number of thioether (sulfide) groups is 1. The summed E-state index contributed by atoms with van der Waals surface area (Å²) < 4.78 is 0. The van der Waals surface area contributed by atoms with Crippen LogP contribution in [0.5, 0.6) is 0 Å². The van der Waals surface area contributed by atoms with Crippen LogP contribution >= 0.6 is 11.8 Å². The monoisotopic (exact) mass is 245 g/mol. The summed E-state index contributed by atoms with van der Waals surface area (Å²) in [4.78, 5) is 22.3. The van der Waals surface area contributed by atoms with Gasteiger partial charge in [0.1, 0.15) is 0 Å². The molecule has 4 nitrogen and oxygen atoms in total. The summed E-state index contributed by atoms with van der Waals surface area (Å²) in [5.41, 5.74) is 0. The maximum atomic E-state index is 11.3. The Morgan fingerprint density at radius 2 is 2.06 bits per heavy atom. The van der Waals surface area contributed by atoms with Crippen LogP contribution < -0.4 is 5.32 Å². The van der Waals surface area contributed by atoms with Gasteiger partial charge in [-0.2, -0.15) is 11.8 Å². The molecule has 16 heavy (non-hydrogen) atoms. The van der Waals surface area contributed by atoms with Crippen molar-refractivity contribution in [1.29, 1.82) is 0 Å². The van der Waals surface area contributed by atoms with Crippen molar-refractivity contribution in [3.8, 4) is 0 Å². The third-order valence-electron chi connectivity index (χ3n) is 3.06. The average molecular weight is 245 g/mol. The molecule has 1 aliphatic rings. The van der Waals surface area contributed by atoms with E-state index in [1.165, 1.54) is 11.8 Å². The normalized spacial score (nSPS) is 25.1. The molecule has 92 valence electrons. The quantitative estimate of drug-likeness (QED) is 0.767. The van der Waals surface area contributed by atoms with Crippen LogP contribution in [0.2, 0.25) is 0 Å². The number of carboxylic acid groups (broad SMARTS) is 1. The van der Waals surface area contributed by atoms with Crippen LogP contribution in [-0.2, 0) is 9.59 Å². The Morgan fingerprint density at radius 3 is 2.69 bits per heavy atom. The molecule has 1 saturated carbocycles. The maximum absolute atomic E-state index is 11.3. The lowest BCUT2D eigenvalue weighted by Gasteiger charge is -2.28. The van der Waals surface area contributed by atoms with Gasteiger partial charge in [-0.1, -0.05) is 12.8 Å².